The first-order chi connectivity index (χ1) is 8.11. The highest BCUT2D eigenvalue weighted by Gasteiger charge is 2.30. The van der Waals surface area contributed by atoms with E-state index in [1.54, 1.807) is 6.07 Å². The summed E-state index contributed by atoms with van der Waals surface area (Å²) in [6.45, 7) is 1.20. The molecule has 2 rings (SSSR count). The van der Waals surface area contributed by atoms with Crippen molar-refractivity contribution in [1.29, 1.82) is 0 Å². The van der Waals surface area contributed by atoms with Crippen LogP contribution in [0.1, 0.15) is 16.1 Å². The monoisotopic (exact) mass is 241 g/mol. The molecule has 0 radical (unpaired) electrons. The van der Waals surface area contributed by atoms with Gasteiger partial charge in [-0.05, 0) is 6.07 Å². The summed E-state index contributed by atoms with van der Waals surface area (Å²) < 4.78 is 9.65. The molecule has 2 N–H and O–H groups in total. The van der Waals surface area contributed by atoms with Crippen LogP contribution < -0.4 is 0 Å². The van der Waals surface area contributed by atoms with Gasteiger partial charge in [-0.3, -0.25) is 4.90 Å². The molecule has 94 valence electrons. The third kappa shape index (κ3) is 2.49. The van der Waals surface area contributed by atoms with Gasteiger partial charge in [0.05, 0.1) is 25.6 Å². The van der Waals surface area contributed by atoms with Crippen molar-refractivity contribution in [2.75, 3.05) is 20.2 Å². The Bertz CT molecular complexity index is 392. The molecule has 6 heteroatoms. The van der Waals surface area contributed by atoms with Crippen molar-refractivity contribution in [1.82, 2.24) is 4.90 Å². The molecule has 0 saturated carbocycles. The predicted molar refractivity (Wildman–Crippen MR) is 57.3 cm³/mol. The average Bonchev–Trinajstić information content (AvgIpc) is 2.86. The Balaban J connectivity index is 2.04. The van der Waals surface area contributed by atoms with E-state index in [-0.39, 0.29) is 5.76 Å². The maximum Gasteiger partial charge on any atom is 0.374 e. The highest BCUT2D eigenvalue weighted by atomic mass is 16.5. The van der Waals surface area contributed by atoms with Gasteiger partial charge in [-0.2, -0.15) is 0 Å². The third-order valence-corrected chi connectivity index (χ3v) is 2.85. The van der Waals surface area contributed by atoms with Crippen molar-refractivity contribution in [2.45, 2.75) is 18.8 Å². The van der Waals surface area contributed by atoms with Gasteiger partial charge in [-0.25, -0.2) is 4.79 Å². The fraction of sp³-hybridized carbons (Fsp3) is 0.545. The standard InChI is InChI=1S/C11H15NO5/c1-16-11(15)10-7(2-3-17-10)4-12-5-8(13)9(14)6-12/h2-3,8-9,13-14H,4-6H2,1H3. The fourth-order valence-corrected chi connectivity index (χ4v) is 1.95. The molecule has 0 amide bonds. The van der Waals surface area contributed by atoms with Crippen LogP contribution in [-0.2, 0) is 11.3 Å². The molecule has 0 spiro atoms. The molecular weight excluding hydrogens is 226 g/mol. The van der Waals surface area contributed by atoms with Crippen LogP contribution >= 0.6 is 0 Å². The number of furan rings is 1. The van der Waals surface area contributed by atoms with Gasteiger partial charge in [-0.1, -0.05) is 0 Å². The molecular formula is C11H15NO5. The number of β-amino-alcohol motifs (C(OH)–C–C–N with tert-alkyl or cyclic N) is 2. The van der Waals surface area contributed by atoms with E-state index in [2.05, 4.69) is 4.74 Å². The maximum absolute atomic E-state index is 11.4. The lowest BCUT2D eigenvalue weighted by Gasteiger charge is -2.13. The highest BCUT2D eigenvalue weighted by molar-refractivity contribution is 5.87. The van der Waals surface area contributed by atoms with E-state index in [1.807, 2.05) is 4.90 Å². The minimum absolute atomic E-state index is 0.170. The molecule has 0 aliphatic carbocycles. The molecule has 2 unspecified atom stereocenters. The molecule has 1 fully saturated rings. The molecule has 0 aromatic carbocycles. The van der Waals surface area contributed by atoms with Gasteiger partial charge in [0, 0.05) is 25.2 Å². The van der Waals surface area contributed by atoms with Crippen molar-refractivity contribution in [3.05, 3.63) is 23.7 Å². The number of rotatable bonds is 3. The van der Waals surface area contributed by atoms with Crippen LogP contribution in [0, 0.1) is 0 Å². The molecule has 1 saturated heterocycles. The molecule has 6 nitrogen and oxygen atoms in total. The molecule has 1 aromatic rings. The zero-order valence-electron chi connectivity index (χ0n) is 9.50. The van der Waals surface area contributed by atoms with E-state index in [9.17, 15) is 15.0 Å². The van der Waals surface area contributed by atoms with Crippen molar-refractivity contribution in [3.63, 3.8) is 0 Å². The number of ether oxygens (including phenoxy) is 1. The first-order valence-electron chi connectivity index (χ1n) is 5.35. The lowest BCUT2D eigenvalue weighted by molar-refractivity contribution is 0.0562. The minimum Gasteiger partial charge on any atom is -0.463 e. The first-order valence-corrected chi connectivity index (χ1v) is 5.35. The SMILES string of the molecule is COC(=O)c1occc1CN1CC(O)C(O)C1. The summed E-state index contributed by atoms with van der Waals surface area (Å²) in [5.74, 6) is -0.353. The number of likely N-dealkylation sites (tertiary alicyclic amines) is 1. The Morgan fingerprint density at radius 3 is 2.76 bits per heavy atom. The quantitative estimate of drug-likeness (QED) is 0.701. The van der Waals surface area contributed by atoms with Crippen LogP contribution in [-0.4, -0.2) is 53.5 Å². The number of esters is 1. The Morgan fingerprint density at radius 1 is 1.53 bits per heavy atom. The van der Waals surface area contributed by atoms with E-state index in [0.717, 1.165) is 0 Å². The van der Waals surface area contributed by atoms with E-state index < -0.39 is 18.2 Å². The number of nitrogens with zero attached hydrogens (tertiary/aromatic N) is 1. The smallest absolute Gasteiger partial charge is 0.374 e. The number of aliphatic hydroxyl groups is 2. The number of carbonyl (C=O) groups is 1. The van der Waals surface area contributed by atoms with Crippen LogP contribution in [0.15, 0.2) is 16.7 Å². The molecule has 2 atom stereocenters. The zero-order chi connectivity index (χ0) is 12.4. The fourth-order valence-electron chi connectivity index (χ4n) is 1.95. The lowest BCUT2D eigenvalue weighted by atomic mass is 10.2. The summed E-state index contributed by atoms with van der Waals surface area (Å²) >= 11 is 0. The first kappa shape index (κ1) is 12.1. The summed E-state index contributed by atoms with van der Waals surface area (Å²) in [7, 11) is 1.29. The lowest BCUT2D eigenvalue weighted by Crippen LogP contribution is -2.22. The van der Waals surface area contributed by atoms with Crippen molar-refractivity contribution >= 4 is 5.97 Å². The molecule has 0 bridgehead atoms. The van der Waals surface area contributed by atoms with E-state index >= 15 is 0 Å². The van der Waals surface area contributed by atoms with Gasteiger partial charge in [-0.15, -0.1) is 0 Å². The molecule has 2 heterocycles. The van der Waals surface area contributed by atoms with Crippen LogP contribution in [0.3, 0.4) is 0 Å². The number of hydrogen-bond donors (Lipinski definition) is 2. The van der Waals surface area contributed by atoms with Crippen molar-refractivity contribution in [2.24, 2.45) is 0 Å². The topological polar surface area (TPSA) is 83.1 Å². The largest absolute Gasteiger partial charge is 0.463 e. The van der Waals surface area contributed by atoms with Gasteiger partial charge in [0.15, 0.2) is 0 Å². The van der Waals surface area contributed by atoms with E-state index in [0.29, 0.717) is 25.2 Å². The van der Waals surface area contributed by atoms with Gasteiger partial charge < -0.3 is 19.4 Å². The minimum atomic E-state index is -0.733. The van der Waals surface area contributed by atoms with E-state index in [4.69, 9.17) is 4.42 Å². The molecule has 1 aromatic heterocycles. The Morgan fingerprint density at radius 2 is 2.18 bits per heavy atom. The van der Waals surface area contributed by atoms with Crippen LogP contribution in [0.2, 0.25) is 0 Å². The predicted octanol–water partition coefficient (Wildman–Crippen LogP) is -0.396. The number of methoxy groups -OCH3 is 1. The summed E-state index contributed by atoms with van der Waals surface area (Å²) in [6, 6.07) is 1.68. The Kier molecular flexibility index (Phi) is 3.46. The molecule has 1 aliphatic heterocycles. The van der Waals surface area contributed by atoms with Gasteiger partial charge in [0.1, 0.15) is 0 Å². The normalized spacial score (nSPS) is 25.1. The number of carbonyl (C=O) groups excluding carboxylic acids is 1. The summed E-state index contributed by atoms with van der Waals surface area (Å²) in [4.78, 5) is 13.2. The molecule has 17 heavy (non-hydrogen) atoms. The summed E-state index contributed by atoms with van der Waals surface area (Å²) in [5.41, 5.74) is 0.693. The second-order valence-electron chi connectivity index (χ2n) is 4.10. The van der Waals surface area contributed by atoms with Gasteiger partial charge >= 0.3 is 5.97 Å². The van der Waals surface area contributed by atoms with Gasteiger partial charge in [0.25, 0.3) is 0 Å². The van der Waals surface area contributed by atoms with Gasteiger partial charge in [0.2, 0.25) is 5.76 Å². The van der Waals surface area contributed by atoms with Crippen LogP contribution in [0.25, 0.3) is 0 Å². The van der Waals surface area contributed by atoms with Crippen molar-refractivity contribution < 1.29 is 24.2 Å². The third-order valence-electron chi connectivity index (χ3n) is 2.85. The maximum atomic E-state index is 11.4. The molecule has 1 aliphatic rings. The Labute approximate surface area is 98.4 Å². The zero-order valence-corrected chi connectivity index (χ0v) is 9.50. The Hall–Kier alpha value is -1.37. The van der Waals surface area contributed by atoms with E-state index in [1.165, 1.54) is 13.4 Å². The number of aliphatic hydroxyl groups excluding tert-OH is 2. The van der Waals surface area contributed by atoms with Crippen LogP contribution in [0.4, 0.5) is 0 Å². The highest BCUT2D eigenvalue weighted by Crippen LogP contribution is 2.18. The second kappa shape index (κ2) is 4.87. The van der Waals surface area contributed by atoms with Crippen molar-refractivity contribution in [3.8, 4) is 0 Å². The number of hydrogen-bond acceptors (Lipinski definition) is 6. The van der Waals surface area contributed by atoms with Crippen LogP contribution in [0.5, 0.6) is 0 Å². The summed E-state index contributed by atoms with van der Waals surface area (Å²) in [6.07, 6.45) is -0.0446. The second-order valence-corrected chi connectivity index (χ2v) is 4.10. The summed E-state index contributed by atoms with van der Waals surface area (Å²) in [5, 5.41) is 18.8. The average molecular weight is 241 g/mol.